The van der Waals surface area contributed by atoms with E-state index < -0.39 is 0 Å². The minimum Gasteiger partial charge on any atom is -0.333 e. The number of nitrogens with zero attached hydrogens (tertiary/aromatic N) is 2. The Balaban J connectivity index is 2.52. The second-order valence-corrected chi connectivity index (χ2v) is 4.75. The van der Waals surface area contributed by atoms with Crippen LogP contribution in [0.3, 0.4) is 0 Å². The molecule has 2 aromatic heterocycles. The van der Waals surface area contributed by atoms with Crippen molar-refractivity contribution in [3.8, 4) is 11.5 Å². The SMILES string of the molecule is Cc1scc(-c2nc(I)no2)c1C. The van der Waals surface area contributed by atoms with Gasteiger partial charge in [-0.15, -0.1) is 11.3 Å². The van der Waals surface area contributed by atoms with E-state index >= 15 is 0 Å². The summed E-state index contributed by atoms with van der Waals surface area (Å²) in [6.07, 6.45) is 0. The van der Waals surface area contributed by atoms with Crippen molar-refractivity contribution in [2.75, 3.05) is 0 Å². The number of aromatic nitrogens is 2. The monoisotopic (exact) mass is 306 g/mol. The van der Waals surface area contributed by atoms with E-state index in [9.17, 15) is 0 Å². The summed E-state index contributed by atoms with van der Waals surface area (Å²) in [4.78, 5) is 5.47. The molecule has 0 atom stereocenters. The summed E-state index contributed by atoms with van der Waals surface area (Å²) >= 11 is 3.74. The summed E-state index contributed by atoms with van der Waals surface area (Å²) in [5.41, 5.74) is 2.28. The van der Waals surface area contributed by atoms with Gasteiger partial charge in [0, 0.05) is 32.8 Å². The van der Waals surface area contributed by atoms with E-state index in [0.29, 0.717) is 9.72 Å². The standard InChI is InChI=1S/C8H7IN2OS/c1-4-5(2)13-3-6(4)7-10-8(9)11-12-7/h3H,1-2H3. The molecule has 0 saturated heterocycles. The van der Waals surface area contributed by atoms with Gasteiger partial charge in [0.05, 0.1) is 5.56 Å². The Morgan fingerprint density at radius 1 is 1.46 bits per heavy atom. The lowest BCUT2D eigenvalue weighted by Crippen LogP contribution is -1.78. The highest BCUT2D eigenvalue weighted by atomic mass is 127. The zero-order valence-electron chi connectivity index (χ0n) is 7.17. The molecule has 3 nitrogen and oxygen atoms in total. The van der Waals surface area contributed by atoms with Crippen molar-refractivity contribution in [2.24, 2.45) is 0 Å². The normalized spacial score (nSPS) is 10.7. The van der Waals surface area contributed by atoms with Crippen molar-refractivity contribution in [3.05, 3.63) is 19.7 Å². The Labute approximate surface area is 93.3 Å². The Morgan fingerprint density at radius 2 is 2.23 bits per heavy atom. The highest BCUT2D eigenvalue weighted by molar-refractivity contribution is 14.1. The summed E-state index contributed by atoms with van der Waals surface area (Å²) < 4.78 is 5.73. The van der Waals surface area contributed by atoms with Gasteiger partial charge >= 0.3 is 0 Å². The van der Waals surface area contributed by atoms with Gasteiger partial charge in [0.1, 0.15) is 0 Å². The van der Waals surface area contributed by atoms with Crippen LogP contribution in [-0.4, -0.2) is 10.1 Å². The van der Waals surface area contributed by atoms with Crippen LogP contribution < -0.4 is 0 Å². The van der Waals surface area contributed by atoms with Crippen LogP contribution in [0.5, 0.6) is 0 Å². The van der Waals surface area contributed by atoms with Crippen LogP contribution in [0.2, 0.25) is 0 Å². The Morgan fingerprint density at radius 3 is 2.69 bits per heavy atom. The van der Waals surface area contributed by atoms with Gasteiger partial charge in [0.2, 0.25) is 3.83 Å². The molecule has 2 heterocycles. The van der Waals surface area contributed by atoms with Gasteiger partial charge in [0.15, 0.2) is 0 Å². The van der Waals surface area contributed by atoms with Crippen LogP contribution in [-0.2, 0) is 0 Å². The van der Waals surface area contributed by atoms with Crippen LogP contribution >= 0.6 is 33.9 Å². The number of hydrogen-bond donors (Lipinski definition) is 0. The lowest BCUT2D eigenvalue weighted by Gasteiger charge is -1.91. The largest absolute Gasteiger partial charge is 0.333 e. The number of hydrogen-bond acceptors (Lipinski definition) is 4. The van der Waals surface area contributed by atoms with Gasteiger partial charge in [0.25, 0.3) is 5.89 Å². The summed E-state index contributed by atoms with van der Waals surface area (Å²) in [7, 11) is 0. The third-order valence-electron chi connectivity index (χ3n) is 1.92. The predicted octanol–water partition coefficient (Wildman–Crippen LogP) is 3.02. The smallest absolute Gasteiger partial charge is 0.259 e. The highest BCUT2D eigenvalue weighted by Crippen LogP contribution is 2.29. The topological polar surface area (TPSA) is 38.9 Å². The van der Waals surface area contributed by atoms with Gasteiger partial charge < -0.3 is 4.52 Å². The second-order valence-electron chi connectivity index (χ2n) is 2.70. The maximum Gasteiger partial charge on any atom is 0.259 e. The van der Waals surface area contributed by atoms with Crippen molar-refractivity contribution in [2.45, 2.75) is 13.8 Å². The fourth-order valence-electron chi connectivity index (χ4n) is 1.04. The van der Waals surface area contributed by atoms with Gasteiger partial charge in [-0.25, -0.2) is 0 Å². The zero-order chi connectivity index (χ0) is 9.42. The first-order chi connectivity index (χ1) is 6.18. The molecule has 0 amide bonds. The van der Waals surface area contributed by atoms with Crippen LogP contribution in [0.25, 0.3) is 11.5 Å². The van der Waals surface area contributed by atoms with Crippen LogP contribution in [0.1, 0.15) is 10.4 Å². The Hall–Kier alpha value is -0.430. The molecule has 68 valence electrons. The molecule has 0 aliphatic carbocycles. The molecule has 0 aliphatic rings. The number of aryl methyl sites for hydroxylation is 1. The van der Waals surface area contributed by atoms with Crippen LogP contribution in [0.4, 0.5) is 0 Å². The average Bonchev–Trinajstić information content (AvgIpc) is 2.62. The van der Waals surface area contributed by atoms with E-state index in [4.69, 9.17) is 4.52 Å². The van der Waals surface area contributed by atoms with E-state index in [-0.39, 0.29) is 0 Å². The number of halogens is 1. The maximum atomic E-state index is 5.08. The first-order valence-corrected chi connectivity index (χ1v) is 5.68. The minimum absolute atomic E-state index is 0.617. The van der Waals surface area contributed by atoms with Crippen molar-refractivity contribution >= 4 is 33.9 Å². The van der Waals surface area contributed by atoms with E-state index in [1.807, 2.05) is 28.0 Å². The Kier molecular flexibility index (Phi) is 2.37. The zero-order valence-corrected chi connectivity index (χ0v) is 10.1. The molecule has 13 heavy (non-hydrogen) atoms. The number of thiophene rings is 1. The molecule has 0 N–H and O–H groups in total. The van der Waals surface area contributed by atoms with Crippen molar-refractivity contribution < 1.29 is 4.52 Å². The van der Waals surface area contributed by atoms with Crippen molar-refractivity contribution in [1.29, 1.82) is 0 Å². The summed E-state index contributed by atoms with van der Waals surface area (Å²) in [5, 5.41) is 5.80. The summed E-state index contributed by atoms with van der Waals surface area (Å²) in [6.45, 7) is 4.16. The third kappa shape index (κ3) is 1.62. The lowest BCUT2D eigenvalue weighted by molar-refractivity contribution is 0.426. The first kappa shape index (κ1) is 9.14. The Bertz CT molecular complexity index is 435. The van der Waals surface area contributed by atoms with Gasteiger partial charge in [-0.2, -0.15) is 4.98 Å². The molecule has 0 spiro atoms. The van der Waals surface area contributed by atoms with Gasteiger partial charge in [-0.1, -0.05) is 5.16 Å². The highest BCUT2D eigenvalue weighted by Gasteiger charge is 2.12. The van der Waals surface area contributed by atoms with E-state index in [1.54, 1.807) is 11.3 Å². The molecular weight excluding hydrogens is 299 g/mol. The van der Waals surface area contributed by atoms with E-state index in [0.717, 1.165) is 5.56 Å². The first-order valence-electron chi connectivity index (χ1n) is 3.73. The van der Waals surface area contributed by atoms with Crippen molar-refractivity contribution in [3.63, 3.8) is 0 Å². The van der Waals surface area contributed by atoms with Gasteiger partial charge in [-0.05, 0) is 19.4 Å². The molecule has 5 heteroatoms. The van der Waals surface area contributed by atoms with E-state index in [2.05, 4.69) is 24.0 Å². The molecule has 0 radical (unpaired) electrons. The molecular formula is C8H7IN2OS. The van der Waals surface area contributed by atoms with Crippen molar-refractivity contribution in [1.82, 2.24) is 10.1 Å². The fraction of sp³-hybridized carbons (Fsp3) is 0.250. The van der Waals surface area contributed by atoms with E-state index in [1.165, 1.54) is 10.4 Å². The minimum atomic E-state index is 0.617. The fourth-order valence-corrected chi connectivity index (χ4v) is 2.22. The quantitative estimate of drug-likeness (QED) is 0.760. The maximum absolute atomic E-state index is 5.08. The molecule has 2 rings (SSSR count). The molecule has 0 bridgehead atoms. The third-order valence-corrected chi connectivity index (χ3v) is 3.37. The molecule has 0 unspecified atom stereocenters. The summed E-state index contributed by atoms with van der Waals surface area (Å²) in [6, 6.07) is 0. The van der Waals surface area contributed by atoms with Crippen LogP contribution in [0.15, 0.2) is 9.90 Å². The lowest BCUT2D eigenvalue weighted by atomic mass is 10.2. The average molecular weight is 306 g/mol. The van der Waals surface area contributed by atoms with Crippen LogP contribution in [0, 0.1) is 17.7 Å². The predicted molar refractivity (Wildman–Crippen MR) is 59.8 cm³/mol. The molecule has 2 aromatic rings. The second kappa shape index (κ2) is 3.38. The number of rotatable bonds is 1. The molecule has 0 aromatic carbocycles. The summed E-state index contributed by atoms with van der Waals surface area (Å²) in [5.74, 6) is 0.617. The molecule has 0 aliphatic heterocycles. The molecule has 0 fully saturated rings. The molecule has 0 saturated carbocycles. The van der Waals surface area contributed by atoms with Gasteiger partial charge in [-0.3, -0.25) is 0 Å².